The minimum atomic E-state index is -0.186. The molecule has 202 valence electrons. The molecule has 2 aromatic heterocycles. The molecule has 40 heavy (non-hydrogen) atoms. The number of rotatable bonds is 8. The summed E-state index contributed by atoms with van der Waals surface area (Å²) in [6, 6.07) is 25.1. The highest BCUT2D eigenvalue weighted by atomic mass is 16.2. The fourth-order valence-electron chi connectivity index (χ4n) is 4.70. The van der Waals surface area contributed by atoms with Crippen LogP contribution in [-0.4, -0.2) is 21.2 Å². The second kappa shape index (κ2) is 11.4. The number of aryl methyl sites for hydroxylation is 2. The molecule has 0 aliphatic rings. The normalized spacial score (nSPS) is 10.9. The van der Waals surface area contributed by atoms with Crippen LogP contribution in [0.4, 0.5) is 17.2 Å². The summed E-state index contributed by atoms with van der Waals surface area (Å²) in [7, 11) is 0. The van der Waals surface area contributed by atoms with E-state index in [1.807, 2.05) is 65.2 Å². The van der Waals surface area contributed by atoms with Crippen molar-refractivity contribution in [1.82, 2.24) is 14.7 Å². The molecular weight excluding hydrogens is 500 g/mol. The van der Waals surface area contributed by atoms with Crippen LogP contribution in [0.5, 0.6) is 0 Å². The van der Waals surface area contributed by atoms with E-state index < -0.39 is 0 Å². The Morgan fingerprint density at radius 2 is 1.60 bits per heavy atom. The number of fused-ring (bicyclic) bond motifs is 1. The molecular formula is C32H32N6O2. The van der Waals surface area contributed by atoms with E-state index in [1.54, 1.807) is 12.1 Å². The van der Waals surface area contributed by atoms with Gasteiger partial charge in [0.15, 0.2) is 0 Å². The van der Waals surface area contributed by atoms with Crippen LogP contribution in [0.25, 0.3) is 16.9 Å². The predicted molar refractivity (Wildman–Crippen MR) is 160 cm³/mol. The van der Waals surface area contributed by atoms with Gasteiger partial charge in [0.2, 0.25) is 5.91 Å². The highest BCUT2D eigenvalue weighted by Crippen LogP contribution is 2.34. The van der Waals surface area contributed by atoms with Crippen LogP contribution in [0, 0.1) is 13.8 Å². The van der Waals surface area contributed by atoms with E-state index in [0.29, 0.717) is 30.0 Å². The average molecular weight is 533 g/mol. The Bertz CT molecular complexity index is 1680. The van der Waals surface area contributed by atoms with Crippen LogP contribution in [0.3, 0.4) is 0 Å². The third-order valence-corrected chi connectivity index (χ3v) is 6.77. The largest absolute Gasteiger partial charge is 0.348 e. The average Bonchev–Trinajstić information content (AvgIpc) is 3.31. The molecule has 0 saturated heterocycles. The molecule has 8 heteroatoms. The van der Waals surface area contributed by atoms with Gasteiger partial charge in [-0.15, -0.1) is 0 Å². The second-order valence-corrected chi connectivity index (χ2v) is 9.81. The second-order valence-electron chi connectivity index (χ2n) is 9.81. The van der Waals surface area contributed by atoms with E-state index in [9.17, 15) is 9.59 Å². The maximum Gasteiger partial charge on any atom is 0.251 e. The topological polar surface area (TPSA) is 114 Å². The zero-order valence-corrected chi connectivity index (χ0v) is 22.8. The Balaban J connectivity index is 1.50. The van der Waals surface area contributed by atoms with Crippen LogP contribution in [0.15, 0.2) is 85.1 Å². The maximum atomic E-state index is 13.1. The fourth-order valence-corrected chi connectivity index (χ4v) is 4.70. The lowest BCUT2D eigenvalue weighted by atomic mass is 10.1. The van der Waals surface area contributed by atoms with E-state index in [1.165, 1.54) is 6.92 Å². The number of hydrogen-bond acceptors (Lipinski definition) is 5. The summed E-state index contributed by atoms with van der Waals surface area (Å²) in [4.78, 5) is 29.5. The van der Waals surface area contributed by atoms with E-state index >= 15 is 0 Å². The molecule has 8 nitrogen and oxygen atoms in total. The Morgan fingerprint density at radius 1 is 0.900 bits per heavy atom. The van der Waals surface area contributed by atoms with Gasteiger partial charge in [0.25, 0.3) is 5.91 Å². The van der Waals surface area contributed by atoms with Crippen LogP contribution < -0.4 is 21.7 Å². The van der Waals surface area contributed by atoms with Crippen molar-refractivity contribution in [2.45, 2.75) is 33.9 Å². The molecule has 2 amide bonds. The van der Waals surface area contributed by atoms with E-state index in [4.69, 9.17) is 10.7 Å². The number of carbonyl (C=O) groups excluding carboxylic acids is 2. The first kappa shape index (κ1) is 26.6. The van der Waals surface area contributed by atoms with Crippen molar-refractivity contribution in [3.8, 4) is 11.3 Å². The van der Waals surface area contributed by atoms with E-state index in [2.05, 4.69) is 41.9 Å². The zero-order valence-electron chi connectivity index (χ0n) is 22.8. The third kappa shape index (κ3) is 5.72. The van der Waals surface area contributed by atoms with E-state index in [0.717, 1.165) is 45.0 Å². The molecule has 5 N–H and O–H groups in total. The molecule has 0 saturated carbocycles. The fraction of sp³-hybridized carbons (Fsp3) is 0.156. The number of benzene rings is 3. The molecule has 0 radical (unpaired) electrons. The number of anilines is 3. The highest BCUT2D eigenvalue weighted by Gasteiger charge is 2.18. The number of nitrogens with one attached hydrogen (secondary N) is 3. The summed E-state index contributed by atoms with van der Waals surface area (Å²) in [6.07, 6.45) is 1.86. The Labute approximate surface area is 233 Å². The molecule has 5 rings (SSSR count). The lowest BCUT2D eigenvalue weighted by Crippen LogP contribution is -2.23. The molecule has 0 aliphatic heterocycles. The van der Waals surface area contributed by atoms with Crippen molar-refractivity contribution in [3.05, 3.63) is 113 Å². The minimum Gasteiger partial charge on any atom is -0.348 e. The van der Waals surface area contributed by atoms with E-state index in [-0.39, 0.29) is 11.8 Å². The molecule has 0 bridgehead atoms. The van der Waals surface area contributed by atoms with Gasteiger partial charge in [0, 0.05) is 48.7 Å². The van der Waals surface area contributed by atoms with Crippen molar-refractivity contribution in [1.29, 1.82) is 0 Å². The van der Waals surface area contributed by atoms with Crippen molar-refractivity contribution in [2.75, 3.05) is 10.6 Å². The molecule has 0 unspecified atom stereocenters. The number of pyridine rings is 1. The molecule has 0 spiro atoms. The van der Waals surface area contributed by atoms with Crippen LogP contribution in [0.2, 0.25) is 0 Å². The van der Waals surface area contributed by atoms with Gasteiger partial charge in [-0.25, -0.2) is 4.98 Å². The number of carbonyl (C=O) groups is 2. The van der Waals surface area contributed by atoms with Gasteiger partial charge in [0.05, 0.1) is 0 Å². The third-order valence-electron chi connectivity index (χ3n) is 6.77. The van der Waals surface area contributed by atoms with Crippen LogP contribution in [0.1, 0.15) is 39.5 Å². The monoisotopic (exact) mass is 532 g/mol. The number of imidazole rings is 1. The molecule has 0 atom stereocenters. The SMILES string of the molecule is CC(=O)Nc1ccc(-c2nc3cc(C(=O)NCc4cccc(CN)c4)ccn3c2Nc2c(C)cccc2C)cc1. The summed E-state index contributed by atoms with van der Waals surface area (Å²) in [5.41, 5.74) is 14.4. The zero-order chi connectivity index (χ0) is 28.2. The van der Waals surface area contributed by atoms with Crippen molar-refractivity contribution in [2.24, 2.45) is 5.73 Å². The van der Waals surface area contributed by atoms with Gasteiger partial charge in [-0.2, -0.15) is 0 Å². The van der Waals surface area contributed by atoms with Gasteiger partial charge in [-0.05, 0) is 60.4 Å². The number of amides is 2. The Kier molecular flexibility index (Phi) is 7.61. The summed E-state index contributed by atoms with van der Waals surface area (Å²) in [5.74, 6) is 0.468. The van der Waals surface area contributed by atoms with Gasteiger partial charge >= 0.3 is 0 Å². The maximum absolute atomic E-state index is 13.1. The lowest BCUT2D eigenvalue weighted by Gasteiger charge is -2.14. The predicted octanol–water partition coefficient (Wildman–Crippen LogP) is 5.71. The first-order chi connectivity index (χ1) is 19.3. The summed E-state index contributed by atoms with van der Waals surface area (Å²) < 4.78 is 1.95. The molecule has 5 aromatic rings. The Hall–Kier alpha value is -4.95. The standard InChI is InChI=1S/C32H32N6O2/c1-20-6-4-7-21(2)29(20)37-31-30(25-10-12-27(13-11-25)35-22(3)39)36-28-17-26(14-15-38(28)31)32(40)34-19-24-9-5-8-23(16-24)18-33/h4-17,37H,18-19,33H2,1-3H3,(H,34,40)(H,35,39). The van der Waals surface area contributed by atoms with Gasteiger partial charge in [-0.3, -0.25) is 14.0 Å². The molecule has 0 fully saturated rings. The van der Waals surface area contributed by atoms with Crippen LogP contribution in [-0.2, 0) is 17.9 Å². The smallest absolute Gasteiger partial charge is 0.251 e. The van der Waals surface area contributed by atoms with Gasteiger partial charge in [-0.1, -0.05) is 54.6 Å². The molecule has 0 aliphatic carbocycles. The first-order valence-corrected chi connectivity index (χ1v) is 13.1. The number of nitrogens with zero attached hydrogens (tertiary/aromatic N) is 2. The summed E-state index contributed by atoms with van der Waals surface area (Å²) >= 11 is 0. The summed E-state index contributed by atoms with van der Waals surface area (Å²) in [5, 5.41) is 9.40. The minimum absolute atomic E-state index is 0.129. The van der Waals surface area contributed by atoms with Gasteiger partial charge < -0.3 is 21.7 Å². The Morgan fingerprint density at radius 3 is 2.30 bits per heavy atom. The summed E-state index contributed by atoms with van der Waals surface area (Å²) in [6.45, 7) is 6.46. The number of nitrogens with two attached hydrogens (primary N) is 1. The first-order valence-electron chi connectivity index (χ1n) is 13.1. The van der Waals surface area contributed by atoms with Gasteiger partial charge in [0.1, 0.15) is 17.2 Å². The molecule has 2 heterocycles. The number of hydrogen-bond donors (Lipinski definition) is 4. The van der Waals surface area contributed by atoms with Crippen molar-refractivity contribution < 1.29 is 9.59 Å². The number of aromatic nitrogens is 2. The number of para-hydroxylation sites is 1. The van der Waals surface area contributed by atoms with Crippen LogP contribution >= 0.6 is 0 Å². The quantitative estimate of drug-likeness (QED) is 0.204. The van der Waals surface area contributed by atoms with Crippen molar-refractivity contribution >= 4 is 34.7 Å². The molecule has 3 aromatic carbocycles. The van der Waals surface area contributed by atoms with Crippen molar-refractivity contribution in [3.63, 3.8) is 0 Å². The lowest BCUT2D eigenvalue weighted by molar-refractivity contribution is -0.114. The highest BCUT2D eigenvalue weighted by molar-refractivity contribution is 5.95.